The quantitative estimate of drug-likeness (QED) is 0.821. The van der Waals surface area contributed by atoms with Gasteiger partial charge in [0, 0.05) is 11.6 Å². The lowest BCUT2D eigenvalue weighted by Gasteiger charge is -2.10. The standard InChI is InChI=1S/C11H15ClN2O/c1-2-10(13)11(15)14-7-8-5-3-4-6-9(8)12/h3-6,10H,2,7,13H2,1H3,(H,14,15). The molecule has 1 unspecified atom stereocenters. The second-order valence-corrected chi connectivity index (χ2v) is 3.73. The van der Waals surface area contributed by atoms with Crippen molar-refractivity contribution in [3.05, 3.63) is 34.9 Å². The maximum Gasteiger partial charge on any atom is 0.237 e. The van der Waals surface area contributed by atoms with Gasteiger partial charge in [-0.25, -0.2) is 0 Å². The summed E-state index contributed by atoms with van der Waals surface area (Å²) in [5.41, 5.74) is 6.47. The molecule has 82 valence electrons. The molecular weight excluding hydrogens is 212 g/mol. The minimum absolute atomic E-state index is 0.141. The highest BCUT2D eigenvalue weighted by molar-refractivity contribution is 6.31. The van der Waals surface area contributed by atoms with E-state index in [0.717, 1.165) is 5.56 Å². The van der Waals surface area contributed by atoms with Crippen LogP contribution in [0.15, 0.2) is 24.3 Å². The summed E-state index contributed by atoms with van der Waals surface area (Å²) >= 11 is 5.94. The van der Waals surface area contributed by atoms with E-state index in [0.29, 0.717) is 18.0 Å². The highest BCUT2D eigenvalue weighted by Crippen LogP contribution is 2.14. The molecule has 0 spiro atoms. The molecule has 0 saturated carbocycles. The van der Waals surface area contributed by atoms with Gasteiger partial charge in [-0.05, 0) is 18.1 Å². The molecule has 0 bridgehead atoms. The van der Waals surface area contributed by atoms with E-state index in [1.807, 2.05) is 25.1 Å². The molecule has 1 aromatic carbocycles. The van der Waals surface area contributed by atoms with Gasteiger partial charge in [-0.2, -0.15) is 0 Å². The van der Waals surface area contributed by atoms with Gasteiger partial charge in [-0.15, -0.1) is 0 Å². The number of nitrogens with one attached hydrogen (secondary N) is 1. The highest BCUT2D eigenvalue weighted by atomic mass is 35.5. The molecule has 0 aliphatic rings. The van der Waals surface area contributed by atoms with Crippen molar-refractivity contribution in [2.24, 2.45) is 5.73 Å². The molecule has 1 aromatic rings. The second kappa shape index (κ2) is 5.73. The Morgan fingerprint density at radius 3 is 2.80 bits per heavy atom. The van der Waals surface area contributed by atoms with Gasteiger partial charge in [0.05, 0.1) is 6.04 Å². The smallest absolute Gasteiger partial charge is 0.237 e. The third-order valence-corrected chi connectivity index (χ3v) is 2.56. The summed E-state index contributed by atoms with van der Waals surface area (Å²) in [6.07, 6.45) is 0.633. The van der Waals surface area contributed by atoms with Gasteiger partial charge in [0.25, 0.3) is 0 Å². The summed E-state index contributed by atoms with van der Waals surface area (Å²) in [5.74, 6) is -0.141. The molecule has 15 heavy (non-hydrogen) atoms. The molecule has 0 heterocycles. The van der Waals surface area contributed by atoms with Gasteiger partial charge in [0.1, 0.15) is 0 Å². The van der Waals surface area contributed by atoms with Gasteiger partial charge >= 0.3 is 0 Å². The van der Waals surface area contributed by atoms with E-state index in [1.165, 1.54) is 0 Å². The largest absolute Gasteiger partial charge is 0.351 e. The molecule has 0 radical (unpaired) electrons. The molecule has 1 amide bonds. The first-order chi connectivity index (χ1) is 7.15. The molecule has 0 fully saturated rings. The molecule has 3 N–H and O–H groups in total. The zero-order valence-corrected chi connectivity index (χ0v) is 9.42. The summed E-state index contributed by atoms with van der Waals surface area (Å²) < 4.78 is 0. The Morgan fingerprint density at radius 1 is 1.53 bits per heavy atom. The number of halogens is 1. The van der Waals surface area contributed by atoms with Gasteiger partial charge < -0.3 is 11.1 Å². The Bertz CT molecular complexity index is 341. The van der Waals surface area contributed by atoms with E-state index < -0.39 is 6.04 Å². The van der Waals surface area contributed by atoms with Crippen LogP contribution >= 0.6 is 11.6 Å². The van der Waals surface area contributed by atoms with E-state index in [1.54, 1.807) is 6.07 Å². The van der Waals surface area contributed by atoms with Crippen LogP contribution in [0.5, 0.6) is 0 Å². The van der Waals surface area contributed by atoms with E-state index in [-0.39, 0.29) is 5.91 Å². The van der Waals surface area contributed by atoms with Crippen LogP contribution < -0.4 is 11.1 Å². The zero-order chi connectivity index (χ0) is 11.3. The van der Waals surface area contributed by atoms with E-state index in [4.69, 9.17) is 17.3 Å². The average molecular weight is 227 g/mol. The second-order valence-electron chi connectivity index (χ2n) is 3.32. The van der Waals surface area contributed by atoms with Crippen LogP contribution in [0.1, 0.15) is 18.9 Å². The molecule has 0 aliphatic heterocycles. The Morgan fingerprint density at radius 2 is 2.20 bits per heavy atom. The predicted molar refractivity (Wildman–Crippen MR) is 61.6 cm³/mol. The molecule has 3 nitrogen and oxygen atoms in total. The molecule has 1 rings (SSSR count). The molecule has 0 aromatic heterocycles. The fourth-order valence-electron chi connectivity index (χ4n) is 1.14. The number of benzene rings is 1. The van der Waals surface area contributed by atoms with E-state index in [9.17, 15) is 4.79 Å². The summed E-state index contributed by atoms with van der Waals surface area (Å²) in [6, 6.07) is 6.97. The summed E-state index contributed by atoms with van der Waals surface area (Å²) in [7, 11) is 0. The normalized spacial score (nSPS) is 12.2. The lowest BCUT2D eigenvalue weighted by molar-refractivity contribution is -0.122. The molecule has 1 atom stereocenters. The van der Waals surface area contributed by atoms with Crippen molar-refractivity contribution in [2.45, 2.75) is 25.9 Å². The van der Waals surface area contributed by atoms with Crippen molar-refractivity contribution < 1.29 is 4.79 Å². The van der Waals surface area contributed by atoms with E-state index in [2.05, 4.69) is 5.32 Å². The van der Waals surface area contributed by atoms with Gasteiger partial charge in [0.15, 0.2) is 0 Å². The number of carbonyl (C=O) groups is 1. The zero-order valence-electron chi connectivity index (χ0n) is 8.66. The average Bonchev–Trinajstić information content (AvgIpc) is 2.26. The fourth-order valence-corrected chi connectivity index (χ4v) is 1.34. The number of carbonyl (C=O) groups excluding carboxylic acids is 1. The van der Waals surface area contributed by atoms with Crippen molar-refractivity contribution in [3.63, 3.8) is 0 Å². The minimum Gasteiger partial charge on any atom is -0.351 e. The molecule has 0 saturated heterocycles. The van der Waals surface area contributed by atoms with Crippen molar-refractivity contribution in [1.82, 2.24) is 5.32 Å². The van der Waals surface area contributed by atoms with Crippen LogP contribution in [-0.2, 0) is 11.3 Å². The van der Waals surface area contributed by atoms with Crippen molar-refractivity contribution >= 4 is 17.5 Å². The SMILES string of the molecule is CCC(N)C(=O)NCc1ccccc1Cl. The molecule has 4 heteroatoms. The first-order valence-electron chi connectivity index (χ1n) is 4.91. The number of nitrogens with two attached hydrogens (primary N) is 1. The lowest BCUT2D eigenvalue weighted by atomic mass is 10.2. The summed E-state index contributed by atoms with van der Waals surface area (Å²) in [6.45, 7) is 2.30. The fraction of sp³-hybridized carbons (Fsp3) is 0.364. The first-order valence-corrected chi connectivity index (χ1v) is 5.29. The van der Waals surface area contributed by atoms with Gasteiger partial charge in [-0.1, -0.05) is 36.7 Å². The van der Waals surface area contributed by atoms with Gasteiger partial charge in [-0.3, -0.25) is 4.79 Å². The number of amides is 1. The Kier molecular flexibility index (Phi) is 4.59. The number of hydrogen-bond acceptors (Lipinski definition) is 2. The summed E-state index contributed by atoms with van der Waals surface area (Å²) in [4.78, 5) is 11.4. The van der Waals surface area contributed by atoms with Crippen LogP contribution in [0.4, 0.5) is 0 Å². The van der Waals surface area contributed by atoms with Gasteiger partial charge in [0.2, 0.25) is 5.91 Å². The maximum absolute atomic E-state index is 11.4. The van der Waals surface area contributed by atoms with Crippen LogP contribution in [0.25, 0.3) is 0 Å². The van der Waals surface area contributed by atoms with Crippen molar-refractivity contribution in [3.8, 4) is 0 Å². The third-order valence-electron chi connectivity index (χ3n) is 2.19. The Labute approximate surface area is 94.6 Å². The van der Waals surface area contributed by atoms with Crippen molar-refractivity contribution in [1.29, 1.82) is 0 Å². The first kappa shape index (κ1) is 12.0. The molecule has 0 aliphatic carbocycles. The van der Waals surface area contributed by atoms with Crippen LogP contribution in [0.2, 0.25) is 5.02 Å². The monoisotopic (exact) mass is 226 g/mol. The van der Waals surface area contributed by atoms with Crippen LogP contribution in [-0.4, -0.2) is 11.9 Å². The summed E-state index contributed by atoms with van der Waals surface area (Å²) in [5, 5.41) is 3.40. The topological polar surface area (TPSA) is 55.1 Å². The lowest BCUT2D eigenvalue weighted by Crippen LogP contribution is -2.39. The van der Waals surface area contributed by atoms with E-state index >= 15 is 0 Å². The Balaban J connectivity index is 2.51. The van der Waals surface area contributed by atoms with Crippen LogP contribution in [0, 0.1) is 0 Å². The number of hydrogen-bond donors (Lipinski definition) is 2. The van der Waals surface area contributed by atoms with Crippen LogP contribution in [0.3, 0.4) is 0 Å². The highest BCUT2D eigenvalue weighted by Gasteiger charge is 2.10. The third kappa shape index (κ3) is 3.53. The number of rotatable bonds is 4. The molecular formula is C11H15ClN2O. The maximum atomic E-state index is 11.4. The van der Waals surface area contributed by atoms with Crippen molar-refractivity contribution in [2.75, 3.05) is 0 Å². The Hall–Kier alpha value is -1.06. The minimum atomic E-state index is -0.438. The predicted octanol–water partition coefficient (Wildman–Crippen LogP) is 1.69.